The van der Waals surface area contributed by atoms with Crippen molar-refractivity contribution in [2.75, 3.05) is 20.2 Å². The molecule has 0 aliphatic rings. The maximum absolute atomic E-state index is 13.5. The molecule has 1 unspecified atom stereocenters. The summed E-state index contributed by atoms with van der Waals surface area (Å²) in [6.07, 6.45) is -0.854. The van der Waals surface area contributed by atoms with Crippen LogP contribution in [0.3, 0.4) is 0 Å². The molecular formula is C16H22FNO3. The molecule has 4 nitrogen and oxygen atoms in total. The van der Waals surface area contributed by atoms with Crippen LogP contribution in [-0.2, 0) is 16.1 Å². The van der Waals surface area contributed by atoms with Crippen LogP contribution in [0.5, 0.6) is 0 Å². The van der Waals surface area contributed by atoms with Gasteiger partial charge < -0.3 is 14.7 Å². The molecule has 1 rings (SSSR count). The molecule has 1 aromatic carbocycles. The largest absolute Gasteiger partial charge is 0.389 e. The number of rotatable bonds is 7. The summed E-state index contributed by atoms with van der Waals surface area (Å²) in [5, 5.41) is 9.81. The monoisotopic (exact) mass is 295 g/mol. The minimum absolute atomic E-state index is 0.0221. The number of nitrogens with zero attached hydrogens (tertiary/aromatic N) is 1. The predicted molar refractivity (Wildman–Crippen MR) is 79.2 cm³/mol. The zero-order chi connectivity index (χ0) is 15.8. The average molecular weight is 295 g/mol. The third-order valence-electron chi connectivity index (χ3n) is 2.88. The van der Waals surface area contributed by atoms with Crippen LogP contribution in [0, 0.1) is 0 Å². The summed E-state index contributed by atoms with van der Waals surface area (Å²) in [5.74, 6) is -1.51. The number of carbonyl (C=O) groups excluding carboxylic acids is 1. The van der Waals surface area contributed by atoms with E-state index in [2.05, 4.69) is 0 Å². The van der Waals surface area contributed by atoms with Crippen molar-refractivity contribution in [2.24, 2.45) is 0 Å². The van der Waals surface area contributed by atoms with Crippen LogP contribution in [0.2, 0.25) is 0 Å². The van der Waals surface area contributed by atoms with E-state index in [0.29, 0.717) is 12.2 Å². The molecule has 21 heavy (non-hydrogen) atoms. The first-order chi connectivity index (χ1) is 9.91. The molecule has 0 aliphatic heterocycles. The average Bonchev–Trinajstić information content (AvgIpc) is 2.46. The number of benzene rings is 1. The van der Waals surface area contributed by atoms with Gasteiger partial charge in [0.05, 0.1) is 19.3 Å². The fourth-order valence-electron chi connectivity index (χ4n) is 1.72. The van der Waals surface area contributed by atoms with Gasteiger partial charge in [-0.3, -0.25) is 4.79 Å². The zero-order valence-electron chi connectivity index (χ0n) is 12.7. The topological polar surface area (TPSA) is 49.8 Å². The summed E-state index contributed by atoms with van der Waals surface area (Å²) in [5.41, 5.74) is 1.33. The Morgan fingerprint density at radius 2 is 1.95 bits per heavy atom. The number of allylic oxidation sites excluding steroid dienone is 1. The Labute approximate surface area is 124 Å². The van der Waals surface area contributed by atoms with Crippen molar-refractivity contribution in [3.8, 4) is 0 Å². The molecule has 0 aromatic heterocycles. The highest BCUT2D eigenvalue weighted by Crippen LogP contribution is 2.09. The van der Waals surface area contributed by atoms with Gasteiger partial charge in [0.25, 0.3) is 5.91 Å². The molecule has 0 aliphatic carbocycles. The number of ether oxygens (including phenoxy) is 1. The first kappa shape index (κ1) is 17.3. The standard InChI is InChI=1S/C16H22FNO3/c1-12(2)15(17)16(20)18(3)9-14(19)11-21-10-13-7-5-4-6-8-13/h4-8,14,19H,9-11H2,1-3H3. The second-order valence-corrected chi connectivity index (χ2v) is 5.15. The maximum atomic E-state index is 13.5. The zero-order valence-corrected chi connectivity index (χ0v) is 12.7. The highest BCUT2D eigenvalue weighted by molar-refractivity contribution is 5.91. The van der Waals surface area contributed by atoms with Crippen molar-refractivity contribution in [3.63, 3.8) is 0 Å². The fraction of sp³-hybridized carbons (Fsp3) is 0.438. The Morgan fingerprint density at radius 1 is 1.33 bits per heavy atom. The van der Waals surface area contributed by atoms with E-state index in [1.807, 2.05) is 30.3 Å². The van der Waals surface area contributed by atoms with Crippen molar-refractivity contribution in [1.82, 2.24) is 4.90 Å². The van der Waals surface area contributed by atoms with Crippen molar-refractivity contribution in [1.29, 1.82) is 0 Å². The number of hydrogen-bond acceptors (Lipinski definition) is 3. The molecule has 0 spiro atoms. The smallest absolute Gasteiger partial charge is 0.282 e. The van der Waals surface area contributed by atoms with Crippen molar-refractivity contribution < 1.29 is 19.0 Å². The molecule has 1 N–H and O–H groups in total. The molecule has 0 radical (unpaired) electrons. The number of amides is 1. The number of likely N-dealkylation sites (N-methyl/N-ethyl adjacent to an activating group) is 1. The van der Waals surface area contributed by atoms with Crippen LogP contribution in [-0.4, -0.2) is 42.2 Å². The molecular weight excluding hydrogens is 273 g/mol. The SMILES string of the molecule is CC(C)=C(F)C(=O)N(C)CC(O)COCc1ccccc1. The lowest BCUT2D eigenvalue weighted by Gasteiger charge is -2.20. The molecule has 5 heteroatoms. The molecule has 0 saturated heterocycles. The highest BCUT2D eigenvalue weighted by atomic mass is 19.1. The molecule has 0 heterocycles. The number of aliphatic hydroxyl groups excluding tert-OH is 1. The van der Waals surface area contributed by atoms with Gasteiger partial charge >= 0.3 is 0 Å². The summed E-state index contributed by atoms with van der Waals surface area (Å²) in [6, 6.07) is 9.57. The van der Waals surface area contributed by atoms with E-state index >= 15 is 0 Å². The molecule has 116 valence electrons. The second-order valence-electron chi connectivity index (χ2n) is 5.15. The Morgan fingerprint density at radius 3 is 2.52 bits per heavy atom. The van der Waals surface area contributed by atoms with Crippen LogP contribution in [0.25, 0.3) is 0 Å². The summed E-state index contributed by atoms with van der Waals surface area (Å²) in [6.45, 7) is 3.55. The minimum Gasteiger partial charge on any atom is -0.389 e. The molecule has 0 saturated carbocycles. The normalized spacial score (nSPS) is 11.9. The van der Waals surface area contributed by atoms with E-state index in [4.69, 9.17) is 4.74 Å². The molecule has 0 bridgehead atoms. The van der Waals surface area contributed by atoms with Crippen molar-refractivity contribution in [3.05, 3.63) is 47.3 Å². The Bertz CT molecular complexity index is 484. The van der Waals surface area contributed by atoms with Crippen LogP contribution < -0.4 is 0 Å². The van der Waals surface area contributed by atoms with Crippen molar-refractivity contribution >= 4 is 5.91 Å². The number of carbonyl (C=O) groups is 1. The molecule has 1 amide bonds. The van der Waals surface area contributed by atoms with Gasteiger partial charge in [0.2, 0.25) is 0 Å². The Balaban J connectivity index is 2.35. The lowest BCUT2D eigenvalue weighted by molar-refractivity contribution is -0.129. The van der Waals surface area contributed by atoms with E-state index in [-0.39, 0.29) is 13.2 Å². The van der Waals surface area contributed by atoms with E-state index in [1.165, 1.54) is 20.9 Å². The first-order valence-corrected chi connectivity index (χ1v) is 6.80. The van der Waals surface area contributed by atoms with Gasteiger partial charge in [-0.1, -0.05) is 30.3 Å². The summed E-state index contributed by atoms with van der Waals surface area (Å²) in [7, 11) is 1.45. The second kappa shape index (κ2) is 8.54. The van der Waals surface area contributed by atoms with Gasteiger partial charge in [-0.25, -0.2) is 4.39 Å². The predicted octanol–water partition coefficient (Wildman–Crippen LogP) is 2.29. The third-order valence-corrected chi connectivity index (χ3v) is 2.88. The van der Waals surface area contributed by atoms with Crippen molar-refractivity contribution in [2.45, 2.75) is 26.6 Å². The quantitative estimate of drug-likeness (QED) is 0.785. The van der Waals surface area contributed by atoms with E-state index in [9.17, 15) is 14.3 Å². The van der Waals surface area contributed by atoms with Crippen LogP contribution in [0.15, 0.2) is 41.7 Å². The Hall–Kier alpha value is -1.72. The Kier molecular flexibility index (Phi) is 7.05. The van der Waals surface area contributed by atoms with Crippen LogP contribution in [0.4, 0.5) is 4.39 Å². The molecule has 1 aromatic rings. The van der Waals surface area contributed by atoms with E-state index < -0.39 is 17.8 Å². The van der Waals surface area contributed by atoms with E-state index in [1.54, 1.807) is 0 Å². The number of aliphatic hydroxyl groups is 1. The summed E-state index contributed by atoms with van der Waals surface area (Å²) < 4.78 is 18.8. The third kappa shape index (κ3) is 6.06. The lowest BCUT2D eigenvalue weighted by Crippen LogP contribution is -2.36. The molecule has 0 fully saturated rings. The number of halogens is 1. The van der Waals surface area contributed by atoms with Gasteiger partial charge in [-0.05, 0) is 25.0 Å². The summed E-state index contributed by atoms with van der Waals surface area (Å²) >= 11 is 0. The number of hydrogen-bond donors (Lipinski definition) is 1. The van der Waals surface area contributed by atoms with Crippen LogP contribution >= 0.6 is 0 Å². The van der Waals surface area contributed by atoms with Gasteiger partial charge in [0.15, 0.2) is 5.83 Å². The fourth-order valence-corrected chi connectivity index (χ4v) is 1.72. The van der Waals surface area contributed by atoms with Crippen LogP contribution in [0.1, 0.15) is 19.4 Å². The van der Waals surface area contributed by atoms with Gasteiger partial charge in [0.1, 0.15) is 0 Å². The lowest BCUT2D eigenvalue weighted by atomic mass is 10.2. The molecule has 1 atom stereocenters. The van der Waals surface area contributed by atoms with Gasteiger partial charge in [-0.15, -0.1) is 0 Å². The van der Waals surface area contributed by atoms with Gasteiger partial charge in [-0.2, -0.15) is 0 Å². The summed E-state index contributed by atoms with van der Waals surface area (Å²) in [4.78, 5) is 12.8. The maximum Gasteiger partial charge on any atom is 0.282 e. The minimum atomic E-state index is -0.854. The highest BCUT2D eigenvalue weighted by Gasteiger charge is 2.18. The first-order valence-electron chi connectivity index (χ1n) is 6.80. The van der Waals surface area contributed by atoms with Gasteiger partial charge in [0, 0.05) is 13.6 Å². The van der Waals surface area contributed by atoms with E-state index in [0.717, 1.165) is 10.5 Å².